The molecule has 0 amide bonds. The van der Waals surface area contributed by atoms with Crippen LogP contribution < -0.4 is 4.74 Å². The Kier molecular flexibility index (Phi) is 5.43. The third-order valence-corrected chi connectivity index (χ3v) is 7.42. The molecule has 0 aliphatic carbocycles. The lowest BCUT2D eigenvalue weighted by Gasteiger charge is -2.45. The number of aryl methyl sites for hydroxylation is 1. The van der Waals surface area contributed by atoms with E-state index in [-0.39, 0.29) is 11.5 Å². The summed E-state index contributed by atoms with van der Waals surface area (Å²) in [4.78, 5) is 17.2. The van der Waals surface area contributed by atoms with Gasteiger partial charge in [-0.2, -0.15) is 0 Å². The first-order valence-electron chi connectivity index (χ1n) is 11.3. The molecule has 1 spiro atoms. The van der Waals surface area contributed by atoms with E-state index in [1.54, 1.807) is 19.2 Å². The van der Waals surface area contributed by atoms with Gasteiger partial charge in [0.25, 0.3) is 0 Å². The zero-order valence-electron chi connectivity index (χ0n) is 18.7. The Hall–Kier alpha value is -2.83. The van der Waals surface area contributed by atoms with E-state index >= 15 is 0 Å². The Balaban J connectivity index is 1.52. The van der Waals surface area contributed by atoms with Gasteiger partial charge in [0.15, 0.2) is 0 Å². The first-order valence-corrected chi connectivity index (χ1v) is 11.3. The molecule has 2 aliphatic heterocycles. The number of carboxylic acid groups (broad SMARTS) is 1. The van der Waals surface area contributed by atoms with Crippen LogP contribution in [0.2, 0.25) is 0 Å². The summed E-state index contributed by atoms with van der Waals surface area (Å²) in [5.74, 6) is 0.0241. The number of carbonyl (C=O) groups is 1. The van der Waals surface area contributed by atoms with Crippen LogP contribution in [0.4, 0.5) is 0 Å². The van der Waals surface area contributed by atoms with E-state index in [0.29, 0.717) is 5.56 Å². The number of benzene rings is 2. The van der Waals surface area contributed by atoms with Gasteiger partial charge in [0.1, 0.15) is 5.75 Å². The molecule has 32 heavy (non-hydrogen) atoms. The zero-order chi connectivity index (χ0) is 22.3. The molecule has 5 rings (SSSR count). The van der Waals surface area contributed by atoms with E-state index in [9.17, 15) is 9.90 Å². The molecule has 2 N–H and O–H groups in total. The molecule has 2 fully saturated rings. The van der Waals surface area contributed by atoms with E-state index in [1.165, 1.54) is 16.5 Å². The first-order chi connectivity index (χ1) is 15.5. The molecule has 0 unspecified atom stereocenters. The van der Waals surface area contributed by atoms with Crippen molar-refractivity contribution in [3.05, 3.63) is 64.8 Å². The molecule has 6 heteroatoms. The van der Waals surface area contributed by atoms with Crippen LogP contribution in [0.1, 0.15) is 52.4 Å². The van der Waals surface area contributed by atoms with Gasteiger partial charge in [-0.25, -0.2) is 4.79 Å². The normalized spacial score (nSPS) is 23.8. The number of H-pyrrole nitrogens is 1. The van der Waals surface area contributed by atoms with Crippen molar-refractivity contribution in [3.63, 3.8) is 0 Å². The number of carboxylic acids is 1. The molecule has 2 atom stereocenters. The number of fused-ring (bicyclic) bond motifs is 1. The molecule has 168 valence electrons. The lowest BCUT2D eigenvalue weighted by atomic mass is 9.73. The molecular formula is C26H30N2O4. The van der Waals surface area contributed by atoms with Crippen molar-refractivity contribution in [1.29, 1.82) is 0 Å². The van der Waals surface area contributed by atoms with Crippen molar-refractivity contribution >= 4 is 16.9 Å². The highest BCUT2D eigenvalue weighted by Crippen LogP contribution is 2.48. The number of rotatable bonds is 5. The van der Waals surface area contributed by atoms with Crippen LogP contribution in [0, 0.1) is 12.3 Å². The Morgan fingerprint density at radius 2 is 2.09 bits per heavy atom. The van der Waals surface area contributed by atoms with Gasteiger partial charge in [0.2, 0.25) is 0 Å². The van der Waals surface area contributed by atoms with E-state index in [2.05, 4.69) is 28.9 Å². The van der Waals surface area contributed by atoms with Crippen molar-refractivity contribution in [3.8, 4) is 5.75 Å². The van der Waals surface area contributed by atoms with Crippen molar-refractivity contribution < 1.29 is 19.4 Å². The maximum Gasteiger partial charge on any atom is 0.335 e. The smallest absolute Gasteiger partial charge is 0.335 e. The highest BCUT2D eigenvalue weighted by molar-refractivity contribution is 5.88. The maximum atomic E-state index is 11.4. The quantitative estimate of drug-likeness (QED) is 0.596. The van der Waals surface area contributed by atoms with Crippen LogP contribution in [0.5, 0.6) is 5.75 Å². The number of aromatic nitrogens is 1. The highest BCUT2D eigenvalue weighted by atomic mass is 16.5. The number of hydrogen-bond acceptors (Lipinski definition) is 4. The lowest BCUT2D eigenvalue weighted by Crippen LogP contribution is -2.42. The number of likely N-dealkylation sites (tertiary alicyclic amines) is 1. The van der Waals surface area contributed by atoms with Crippen LogP contribution >= 0.6 is 0 Å². The Morgan fingerprint density at radius 1 is 1.28 bits per heavy atom. The van der Waals surface area contributed by atoms with Gasteiger partial charge in [0.05, 0.1) is 19.3 Å². The molecule has 0 saturated carbocycles. The van der Waals surface area contributed by atoms with Gasteiger partial charge in [0, 0.05) is 41.9 Å². The Morgan fingerprint density at radius 3 is 2.78 bits per heavy atom. The molecular weight excluding hydrogens is 404 g/mol. The summed E-state index contributed by atoms with van der Waals surface area (Å²) in [6.07, 6.45) is 5.22. The number of hydrogen-bond donors (Lipinski definition) is 2. The summed E-state index contributed by atoms with van der Waals surface area (Å²) in [6, 6.07) is 11.8. The molecule has 0 radical (unpaired) electrons. The van der Waals surface area contributed by atoms with Gasteiger partial charge >= 0.3 is 5.97 Å². The van der Waals surface area contributed by atoms with Crippen molar-refractivity contribution in [2.75, 3.05) is 26.9 Å². The van der Waals surface area contributed by atoms with Crippen molar-refractivity contribution in [2.24, 2.45) is 5.41 Å². The second-order valence-corrected chi connectivity index (χ2v) is 9.31. The first kappa shape index (κ1) is 21.0. The molecule has 3 heterocycles. The minimum Gasteiger partial charge on any atom is -0.496 e. The van der Waals surface area contributed by atoms with Crippen LogP contribution in [-0.4, -0.2) is 47.8 Å². The molecule has 2 aromatic carbocycles. The number of ether oxygens (including phenoxy) is 2. The topological polar surface area (TPSA) is 74.8 Å². The molecule has 6 nitrogen and oxygen atoms in total. The maximum absolute atomic E-state index is 11.4. The van der Waals surface area contributed by atoms with Crippen molar-refractivity contribution in [2.45, 2.75) is 38.8 Å². The largest absolute Gasteiger partial charge is 0.496 e. The average Bonchev–Trinajstić information content (AvgIpc) is 3.47. The molecule has 3 aromatic rings. The fourth-order valence-corrected chi connectivity index (χ4v) is 5.54. The lowest BCUT2D eigenvalue weighted by molar-refractivity contribution is 0.0325. The zero-order valence-corrected chi connectivity index (χ0v) is 18.7. The molecule has 2 aliphatic rings. The summed E-state index contributed by atoms with van der Waals surface area (Å²) in [6.45, 7) is 5.50. The number of piperidine rings is 1. The van der Waals surface area contributed by atoms with Crippen LogP contribution in [0.25, 0.3) is 10.9 Å². The summed E-state index contributed by atoms with van der Waals surface area (Å²) in [5.41, 5.74) is 5.22. The van der Waals surface area contributed by atoms with E-state index in [1.807, 2.05) is 18.3 Å². The summed E-state index contributed by atoms with van der Waals surface area (Å²) in [7, 11) is 1.74. The fourth-order valence-electron chi connectivity index (χ4n) is 5.54. The predicted molar refractivity (Wildman–Crippen MR) is 123 cm³/mol. The van der Waals surface area contributed by atoms with Crippen LogP contribution in [0.15, 0.2) is 42.6 Å². The number of methoxy groups -OCH3 is 1. The van der Waals surface area contributed by atoms with Gasteiger partial charge in [-0.15, -0.1) is 0 Å². The Bertz CT molecular complexity index is 1130. The third kappa shape index (κ3) is 3.67. The number of nitrogens with one attached hydrogen (secondary N) is 1. The minimum absolute atomic E-state index is 0.202. The SMILES string of the molecule is COc1cc(C)c2[nH]ccc2c1CN1CC[C@@]2(CCOC2)C[C@@H]1c1ccc(C(=O)O)cc1. The van der Waals surface area contributed by atoms with E-state index in [4.69, 9.17) is 9.47 Å². The Labute approximate surface area is 188 Å². The molecule has 0 bridgehead atoms. The monoisotopic (exact) mass is 434 g/mol. The second-order valence-electron chi connectivity index (χ2n) is 9.31. The molecule has 2 saturated heterocycles. The second kappa shape index (κ2) is 8.26. The molecule has 1 aromatic heterocycles. The number of aromatic carboxylic acids is 1. The van der Waals surface area contributed by atoms with Crippen molar-refractivity contribution in [1.82, 2.24) is 9.88 Å². The van der Waals surface area contributed by atoms with E-state index < -0.39 is 5.97 Å². The minimum atomic E-state index is -0.892. The van der Waals surface area contributed by atoms with Gasteiger partial charge < -0.3 is 19.6 Å². The highest BCUT2D eigenvalue weighted by Gasteiger charge is 2.43. The summed E-state index contributed by atoms with van der Waals surface area (Å²) < 4.78 is 11.6. The van der Waals surface area contributed by atoms with Gasteiger partial charge in [-0.1, -0.05) is 12.1 Å². The summed E-state index contributed by atoms with van der Waals surface area (Å²) >= 11 is 0. The third-order valence-electron chi connectivity index (χ3n) is 7.42. The van der Waals surface area contributed by atoms with Gasteiger partial charge in [-0.3, -0.25) is 4.90 Å². The van der Waals surface area contributed by atoms with Gasteiger partial charge in [-0.05, 0) is 73.5 Å². The average molecular weight is 435 g/mol. The predicted octanol–water partition coefficient (Wildman–Crippen LogP) is 4.93. The van der Waals surface area contributed by atoms with E-state index in [0.717, 1.165) is 62.4 Å². The van der Waals surface area contributed by atoms with Crippen LogP contribution in [0.3, 0.4) is 0 Å². The summed E-state index contributed by atoms with van der Waals surface area (Å²) in [5, 5.41) is 10.5. The fraction of sp³-hybridized carbons (Fsp3) is 0.423. The number of nitrogens with zero attached hydrogens (tertiary/aromatic N) is 1. The van der Waals surface area contributed by atoms with Crippen LogP contribution in [-0.2, 0) is 11.3 Å². The number of aromatic amines is 1. The standard InChI is InChI=1S/C26H30N2O4/c1-17-13-23(31-2)21(20-7-10-27-24(17)20)15-28-11-8-26(9-12-32-16-26)14-22(28)18-3-5-19(6-4-18)25(29)30/h3-7,10,13,22,27H,8-9,11-12,14-16H2,1-2H3,(H,29,30)/t22-,26-/m1/s1.